The monoisotopic (exact) mass is 240 g/mol. The largest absolute Gasteiger partial charge is 0.347 e. The molecular formula is C11H20N4O2. The number of likely N-dealkylation sites (tertiary alicyclic amines) is 1. The Morgan fingerprint density at radius 2 is 2.00 bits per heavy atom. The van der Waals surface area contributed by atoms with Gasteiger partial charge in [-0.2, -0.15) is 0 Å². The summed E-state index contributed by atoms with van der Waals surface area (Å²) < 4.78 is 0. The minimum absolute atomic E-state index is 0.117. The molecule has 0 aromatic heterocycles. The molecule has 1 saturated carbocycles. The molecule has 6 heteroatoms. The minimum atomic E-state index is -0.583. The van der Waals surface area contributed by atoms with Crippen molar-refractivity contribution in [3.63, 3.8) is 0 Å². The molecule has 2 aliphatic rings. The predicted octanol–water partition coefficient (Wildman–Crippen LogP) is -1.59. The third kappa shape index (κ3) is 3.41. The summed E-state index contributed by atoms with van der Waals surface area (Å²) in [5, 5.41) is 5.23. The van der Waals surface area contributed by atoms with E-state index in [0.717, 1.165) is 25.6 Å². The van der Waals surface area contributed by atoms with Gasteiger partial charge in [-0.25, -0.2) is 0 Å². The molecule has 6 nitrogen and oxygen atoms in total. The number of hydrogen-bond donors (Lipinski definition) is 3. The lowest BCUT2D eigenvalue weighted by molar-refractivity contribution is -0.139. The summed E-state index contributed by atoms with van der Waals surface area (Å²) in [6.07, 6.45) is 3.49. The van der Waals surface area contributed by atoms with Gasteiger partial charge in [0.1, 0.15) is 0 Å². The first kappa shape index (κ1) is 12.3. The lowest BCUT2D eigenvalue weighted by atomic mass is 10.2. The van der Waals surface area contributed by atoms with E-state index in [9.17, 15) is 9.59 Å². The van der Waals surface area contributed by atoms with Crippen LogP contribution in [0.25, 0.3) is 0 Å². The maximum Gasteiger partial charge on any atom is 0.309 e. The van der Waals surface area contributed by atoms with Gasteiger partial charge in [0, 0.05) is 38.3 Å². The molecule has 1 unspecified atom stereocenters. The Bertz CT molecular complexity index is 304. The lowest BCUT2D eigenvalue weighted by Crippen LogP contribution is -2.46. The number of carbonyl (C=O) groups excluding carboxylic acids is 2. The van der Waals surface area contributed by atoms with Crippen LogP contribution in [-0.4, -0.2) is 55.0 Å². The summed E-state index contributed by atoms with van der Waals surface area (Å²) in [5.41, 5.74) is 5.25. The van der Waals surface area contributed by atoms with Crippen molar-refractivity contribution in [1.82, 2.24) is 15.5 Å². The molecule has 4 N–H and O–H groups in total. The fourth-order valence-corrected chi connectivity index (χ4v) is 2.19. The zero-order valence-electron chi connectivity index (χ0n) is 9.95. The fraction of sp³-hybridized carbons (Fsp3) is 0.818. The van der Waals surface area contributed by atoms with Gasteiger partial charge in [0.05, 0.1) is 0 Å². The number of carbonyl (C=O) groups is 2. The van der Waals surface area contributed by atoms with Crippen molar-refractivity contribution in [1.29, 1.82) is 0 Å². The van der Waals surface area contributed by atoms with Crippen molar-refractivity contribution >= 4 is 11.8 Å². The zero-order chi connectivity index (χ0) is 12.3. The highest BCUT2D eigenvalue weighted by Crippen LogP contribution is 2.29. The van der Waals surface area contributed by atoms with E-state index in [-0.39, 0.29) is 6.04 Å². The molecule has 2 rings (SSSR count). The normalized spacial score (nSPS) is 24.6. The first-order valence-electron chi connectivity index (χ1n) is 6.23. The lowest BCUT2D eigenvalue weighted by Gasteiger charge is -2.15. The van der Waals surface area contributed by atoms with E-state index < -0.39 is 11.8 Å². The van der Waals surface area contributed by atoms with Crippen LogP contribution in [0, 0.1) is 0 Å². The molecule has 0 bridgehead atoms. The number of nitrogens with zero attached hydrogens (tertiary/aromatic N) is 1. The average Bonchev–Trinajstić information content (AvgIpc) is 3.07. The van der Waals surface area contributed by atoms with Crippen molar-refractivity contribution < 1.29 is 9.59 Å². The fourth-order valence-electron chi connectivity index (χ4n) is 2.19. The molecule has 1 atom stereocenters. The molecular weight excluding hydrogens is 220 g/mol. The summed E-state index contributed by atoms with van der Waals surface area (Å²) in [4.78, 5) is 25.2. The highest BCUT2D eigenvalue weighted by Gasteiger charge is 2.35. The van der Waals surface area contributed by atoms with E-state index in [1.807, 2.05) is 0 Å². The standard InChI is InChI=1S/C11H20N4O2/c12-4-5-13-10(16)11(17)14-8-3-6-15(7-8)9-1-2-9/h8-9H,1-7,12H2,(H,13,16)(H,14,17). The Labute approximate surface area is 101 Å². The van der Waals surface area contributed by atoms with Crippen LogP contribution in [0.2, 0.25) is 0 Å². The van der Waals surface area contributed by atoms with Gasteiger partial charge in [0.25, 0.3) is 0 Å². The van der Waals surface area contributed by atoms with Crippen LogP contribution < -0.4 is 16.4 Å². The Balaban J connectivity index is 1.69. The van der Waals surface area contributed by atoms with E-state index in [0.29, 0.717) is 13.1 Å². The van der Waals surface area contributed by atoms with Gasteiger partial charge in [0.2, 0.25) is 0 Å². The second-order valence-electron chi connectivity index (χ2n) is 4.73. The second kappa shape index (κ2) is 5.46. The summed E-state index contributed by atoms with van der Waals surface area (Å²) in [6.45, 7) is 2.59. The Kier molecular flexibility index (Phi) is 3.96. The summed E-state index contributed by atoms with van der Waals surface area (Å²) in [5.74, 6) is -1.12. The smallest absolute Gasteiger partial charge is 0.309 e. The molecule has 96 valence electrons. The van der Waals surface area contributed by atoms with E-state index in [2.05, 4.69) is 15.5 Å². The van der Waals surface area contributed by atoms with Crippen LogP contribution in [-0.2, 0) is 9.59 Å². The Hall–Kier alpha value is -1.14. The molecule has 17 heavy (non-hydrogen) atoms. The van der Waals surface area contributed by atoms with Gasteiger partial charge in [-0.1, -0.05) is 0 Å². The maximum atomic E-state index is 11.5. The first-order chi connectivity index (χ1) is 8.20. The van der Waals surface area contributed by atoms with Crippen molar-refractivity contribution in [2.45, 2.75) is 31.3 Å². The highest BCUT2D eigenvalue weighted by atomic mass is 16.2. The number of rotatable bonds is 4. The van der Waals surface area contributed by atoms with Crippen LogP contribution in [0.5, 0.6) is 0 Å². The van der Waals surface area contributed by atoms with E-state index >= 15 is 0 Å². The van der Waals surface area contributed by atoms with Crippen LogP contribution in [0.15, 0.2) is 0 Å². The van der Waals surface area contributed by atoms with E-state index in [4.69, 9.17) is 5.73 Å². The highest BCUT2D eigenvalue weighted by molar-refractivity contribution is 6.35. The molecule has 1 aliphatic carbocycles. The van der Waals surface area contributed by atoms with Gasteiger partial charge in [-0.3, -0.25) is 14.5 Å². The van der Waals surface area contributed by atoms with Gasteiger partial charge < -0.3 is 16.4 Å². The van der Waals surface area contributed by atoms with Crippen molar-refractivity contribution in [2.75, 3.05) is 26.2 Å². The molecule has 1 saturated heterocycles. The van der Waals surface area contributed by atoms with Crippen molar-refractivity contribution in [3.8, 4) is 0 Å². The summed E-state index contributed by atoms with van der Waals surface area (Å²) in [7, 11) is 0. The van der Waals surface area contributed by atoms with Crippen LogP contribution in [0.1, 0.15) is 19.3 Å². The van der Waals surface area contributed by atoms with E-state index in [1.165, 1.54) is 12.8 Å². The molecule has 1 aliphatic heterocycles. The maximum absolute atomic E-state index is 11.5. The van der Waals surface area contributed by atoms with Crippen LogP contribution in [0.4, 0.5) is 0 Å². The number of nitrogens with one attached hydrogen (secondary N) is 2. The third-order valence-electron chi connectivity index (χ3n) is 3.25. The van der Waals surface area contributed by atoms with Crippen molar-refractivity contribution in [3.05, 3.63) is 0 Å². The molecule has 0 aromatic carbocycles. The molecule has 0 aromatic rings. The summed E-state index contributed by atoms with van der Waals surface area (Å²) in [6, 6.07) is 0.842. The molecule has 2 fully saturated rings. The number of nitrogens with two attached hydrogens (primary N) is 1. The average molecular weight is 240 g/mol. The van der Waals surface area contributed by atoms with Crippen LogP contribution in [0.3, 0.4) is 0 Å². The quantitative estimate of drug-likeness (QED) is 0.517. The molecule has 2 amide bonds. The van der Waals surface area contributed by atoms with Gasteiger partial charge in [0.15, 0.2) is 0 Å². The predicted molar refractivity (Wildman–Crippen MR) is 63.2 cm³/mol. The molecule has 1 heterocycles. The second-order valence-corrected chi connectivity index (χ2v) is 4.73. The molecule has 0 spiro atoms. The minimum Gasteiger partial charge on any atom is -0.347 e. The number of amides is 2. The third-order valence-corrected chi connectivity index (χ3v) is 3.25. The number of hydrogen-bond acceptors (Lipinski definition) is 4. The Morgan fingerprint density at radius 1 is 1.24 bits per heavy atom. The van der Waals surface area contributed by atoms with Crippen LogP contribution >= 0.6 is 0 Å². The van der Waals surface area contributed by atoms with Gasteiger partial charge in [-0.15, -0.1) is 0 Å². The topological polar surface area (TPSA) is 87.5 Å². The zero-order valence-corrected chi connectivity index (χ0v) is 9.95. The van der Waals surface area contributed by atoms with Gasteiger partial charge in [-0.05, 0) is 19.3 Å². The first-order valence-corrected chi connectivity index (χ1v) is 6.23. The Morgan fingerprint density at radius 3 is 2.65 bits per heavy atom. The van der Waals surface area contributed by atoms with Gasteiger partial charge >= 0.3 is 11.8 Å². The van der Waals surface area contributed by atoms with E-state index in [1.54, 1.807) is 0 Å². The summed E-state index contributed by atoms with van der Waals surface area (Å²) >= 11 is 0. The van der Waals surface area contributed by atoms with Crippen molar-refractivity contribution in [2.24, 2.45) is 5.73 Å². The SMILES string of the molecule is NCCNC(=O)C(=O)NC1CCN(C2CC2)C1. The molecule has 0 radical (unpaired) electrons.